The van der Waals surface area contributed by atoms with E-state index in [2.05, 4.69) is 13.8 Å². The van der Waals surface area contributed by atoms with Gasteiger partial charge in [-0.25, -0.2) is 0 Å². The Kier molecular flexibility index (Phi) is 4.09. The predicted octanol–water partition coefficient (Wildman–Crippen LogP) is 6.05. The number of hydrogen-bond acceptors (Lipinski definition) is 1. The summed E-state index contributed by atoms with van der Waals surface area (Å²) in [5.74, 6) is 7.19. The van der Waals surface area contributed by atoms with Gasteiger partial charge < -0.3 is 5.11 Å². The van der Waals surface area contributed by atoms with Crippen molar-refractivity contribution in [1.29, 1.82) is 0 Å². The highest BCUT2D eigenvalue weighted by Crippen LogP contribution is 2.73. The first-order valence-corrected chi connectivity index (χ1v) is 11.7. The number of aliphatic hydroxyl groups excluding tert-OH is 1. The summed E-state index contributed by atoms with van der Waals surface area (Å²) in [6.07, 6.45) is 17.6. The molecule has 0 unspecified atom stereocenters. The predicted molar refractivity (Wildman–Crippen MR) is 103 cm³/mol. The second-order valence-electron chi connectivity index (χ2n) is 11.2. The molecule has 0 aromatic carbocycles. The molecular weight excluding hydrogens is 304 g/mol. The molecule has 0 spiro atoms. The molecule has 1 heteroatoms. The molecular formula is C24H40O. The second kappa shape index (κ2) is 5.98. The fourth-order valence-corrected chi connectivity index (χ4v) is 9.65. The molecule has 5 aliphatic rings. The van der Waals surface area contributed by atoms with Crippen molar-refractivity contribution < 1.29 is 5.11 Å². The van der Waals surface area contributed by atoms with Gasteiger partial charge in [0, 0.05) is 6.61 Å². The molecule has 9 atom stereocenters. The Hall–Kier alpha value is -0.0400. The van der Waals surface area contributed by atoms with Gasteiger partial charge in [-0.15, -0.1) is 0 Å². The smallest absolute Gasteiger partial charge is 0.0431 e. The van der Waals surface area contributed by atoms with Gasteiger partial charge >= 0.3 is 0 Å². The molecule has 0 aromatic rings. The first-order valence-electron chi connectivity index (χ1n) is 11.7. The van der Waals surface area contributed by atoms with Crippen molar-refractivity contribution in [2.75, 3.05) is 6.61 Å². The highest BCUT2D eigenvalue weighted by molar-refractivity contribution is 5.15. The van der Waals surface area contributed by atoms with Crippen molar-refractivity contribution in [3.05, 3.63) is 0 Å². The Bertz CT molecular complexity index is 514. The summed E-state index contributed by atoms with van der Waals surface area (Å²) in [6.45, 7) is 5.82. The second-order valence-corrected chi connectivity index (χ2v) is 11.2. The first kappa shape index (κ1) is 17.1. The lowest BCUT2D eigenvalue weighted by Crippen LogP contribution is -2.53. The Balaban J connectivity index is 1.45. The normalized spacial score (nSPS) is 57.0. The summed E-state index contributed by atoms with van der Waals surface area (Å²) in [4.78, 5) is 0. The lowest BCUT2D eigenvalue weighted by molar-refractivity contribution is -0.120. The van der Waals surface area contributed by atoms with E-state index < -0.39 is 0 Å². The molecule has 0 saturated heterocycles. The average molecular weight is 345 g/mol. The van der Waals surface area contributed by atoms with Crippen molar-refractivity contribution in [1.82, 2.24) is 0 Å². The van der Waals surface area contributed by atoms with E-state index in [4.69, 9.17) is 0 Å². The molecule has 142 valence electrons. The van der Waals surface area contributed by atoms with E-state index in [1.54, 1.807) is 12.8 Å². The molecule has 0 amide bonds. The van der Waals surface area contributed by atoms with Crippen LogP contribution in [0.4, 0.5) is 0 Å². The minimum absolute atomic E-state index is 0.403. The highest BCUT2D eigenvalue weighted by Gasteiger charge is 2.66. The average Bonchev–Trinajstić information content (AvgIpc) is 2.75. The summed E-state index contributed by atoms with van der Waals surface area (Å²) in [5, 5.41) is 9.43. The molecule has 0 radical (unpaired) electrons. The number of hydrogen-bond donors (Lipinski definition) is 1. The third-order valence-corrected chi connectivity index (χ3v) is 10.8. The van der Waals surface area contributed by atoms with Crippen molar-refractivity contribution in [3.8, 4) is 0 Å². The highest BCUT2D eigenvalue weighted by atomic mass is 16.2. The van der Waals surface area contributed by atoms with Gasteiger partial charge in [-0.2, -0.15) is 0 Å². The number of rotatable bonds is 3. The van der Waals surface area contributed by atoms with E-state index in [0.717, 1.165) is 47.8 Å². The summed E-state index contributed by atoms with van der Waals surface area (Å²) in [7, 11) is 0. The lowest BCUT2D eigenvalue weighted by Gasteiger charge is -2.61. The molecule has 0 heterocycles. The van der Waals surface area contributed by atoms with Gasteiger partial charge in [0.05, 0.1) is 0 Å². The van der Waals surface area contributed by atoms with Crippen molar-refractivity contribution in [2.24, 2.45) is 52.3 Å². The first-order chi connectivity index (χ1) is 12.1. The van der Waals surface area contributed by atoms with Gasteiger partial charge in [-0.3, -0.25) is 0 Å². The topological polar surface area (TPSA) is 20.2 Å². The van der Waals surface area contributed by atoms with Crippen molar-refractivity contribution in [2.45, 2.75) is 90.9 Å². The van der Waals surface area contributed by atoms with Crippen LogP contribution in [-0.4, -0.2) is 11.7 Å². The van der Waals surface area contributed by atoms with Crippen LogP contribution in [0.2, 0.25) is 0 Å². The van der Waals surface area contributed by atoms with Crippen molar-refractivity contribution >= 4 is 0 Å². The summed E-state index contributed by atoms with van der Waals surface area (Å²) in [6, 6.07) is 0. The lowest BCUT2D eigenvalue weighted by atomic mass is 9.44. The number of fused-ring (bicyclic) bond motifs is 7. The van der Waals surface area contributed by atoms with Crippen LogP contribution >= 0.6 is 0 Å². The quantitative estimate of drug-likeness (QED) is 0.660. The maximum absolute atomic E-state index is 9.43. The van der Waals surface area contributed by atoms with Gasteiger partial charge in [0.2, 0.25) is 0 Å². The number of aliphatic hydroxyl groups is 1. The van der Waals surface area contributed by atoms with Crippen LogP contribution in [0.5, 0.6) is 0 Å². The van der Waals surface area contributed by atoms with Crippen molar-refractivity contribution in [3.63, 3.8) is 0 Å². The van der Waals surface area contributed by atoms with Gasteiger partial charge in [-0.05, 0) is 116 Å². The minimum atomic E-state index is 0.403. The Morgan fingerprint density at radius 1 is 0.800 bits per heavy atom. The molecule has 5 fully saturated rings. The molecule has 5 saturated carbocycles. The Morgan fingerprint density at radius 2 is 1.60 bits per heavy atom. The fraction of sp³-hybridized carbons (Fsp3) is 1.00. The molecule has 1 N–H and O–H groups in total. The SMILES string of the molecule is C[C@]12CC[C@H]3[C@@H](CC[C@@H]4CCCC[C@@]43C)[C@@H]1[C@@H]1CC[C@@H]1[C@H]2CCCO. The maximum atomic E-state index is 9.43. The van der Waals surface area contributed by atoms with Gasteiger partial charge in [0.1, 0.15) is 0 Å². The van der Waals surface area contributed by atoms with E-state index in [1.165, 1.54) is 57.8 Å². The molecule has 5 aliphatic carbocycles. The third-order valence-electron chi connectivity index (χ3n) is 10.8. The molecule has 0 aliphatic heterocycles. The van der Waals surface area contributed by atoms with E-state index >= 15 is 0 Å². The molecule has 1 nitrogen and oxygen atoms in total. The largest absolute Gasteiger partial charge is 0.396 e. The maximum Gasteiger partial charge on any atom is 0.0431 e. The summed E-state index contributed by atoms with van der Waals surface area (Å²) < 4.78 is 0. The monoisotopic (exact) mass is 344 g/mol. The van der Waals surface area contributed by atoms with E-state index in [-0.39, 0.29) is 0 Å². The molecule has 5 rings (SSSR count). The third kappa shape index (κ3) is 2.23. The van der Waals surface area contributed by atoms with Crippen LogP contribution in [0.15, 0.2) is 0 Å². The van der Waals surface area contributed by atoms with Crippen LogP contribution in [0.1, 0.15) is 90.9 Å². The zero-order chi connectivity index (χ0) is 17.2. The molecule has 0 aromatic heterocycles. The van der Waals surface area contributed by atoms with Crippen LogP contribution in [-0.2, 0) is 0 Å². The summed E-state index contributed by atoms with van der Waals surface area (Å²) in [5.41, 5.74) is 1.30. The zero-order valence-electron chi connectivity index (χ0n) is 16.7. The van der Waals surface area contributed by atoms with Crippen LogP contribution < -0.4 is 0 Å². The van der Waals surface area contributed by atoms with E-state index in [0.29, 0.717) is 17.4 Å². The Labute approximate surface area is 155 Å². The van der Waals surface area contributed by atoms with E-state index in [1.807, 2.05) is 0 Å². The van der Waals surface area contributed by atoms with E-state index in [9.17, 15) is 5.11 Å². The standard InChI is InChI=1S/C24H40O/c1-23-13-4-3-6-16(23)8-9-19-21(23)12-14-24(2)20(7-5-15-25)17-10-11-18(17)22(19)24/h16-22,25H,3-15H2,1-2H3/t16-,17-,18+,19+,20+,21-,22-,23-,24+/m0/s1. The zero-order valence-corrected chi connectivity index (χ0v) is 16.7. The minimum Gasteiger partial charge on any atom is -0.396 e. The summed E-state index contributed by atoms with van der Waals surface area (Å²) >= 11 is 0. The Morgan fingerprint density at radius 3 is 2.36 bits per heavy atom. The molecule has 25 heavy (non-hydrogen) atoms. The van der Waals surface area contributed by atoms with Gasteiger partial charge in [0.25, 0.3) is 0 Å². The fourth-order valence-electron chi connectivity index (χ4n) is 9.65. The van der Waals surface area contributed by atoms with Gasteiger partial charge in [0.15, 0.2) is 0 Å². The van der Waals surface area contributed by atoms with Crippen LogP contribution in [0, 0.1) is 52.3 Å². The van der Waals surface area contributed by atoms with Gasteiger partial charge in [-0.1, -0.05) is 26.7 Å². The van der Waals surface area contributed by atoms with Crippen LogP contribution in [0.3, 0.4) is 0 Å². The molecule has 0 bridgehead atoms. The van der Waals surface area contributed by atoms with Crippen LogP contribution in [0.25, 0.3) is 0 Å².